The fraction of sp³-hybridized carbons (Fsp3) is 0.600. The molecule has 1 aromatic carbocycles. The standard InChI is InChI=1S/C15H24O2/c1-4-6-8-12-10-11-14(17-3)15(16)13(12)9-7-5-2/h10-11,16H,4-9H2,1-3H3. The summed E-state index contributed by atoms with van der Waals surface area (Å²) in [4.78, 5) is 0. The number of hydrogen-bond acceptors (Lipinski definition) is 2. The maximum Gasteiger partial charge on any atom is 0.161 e. The fourth-order valence-corrected chi connectivity index (χ4v) is 2.06. The molecule has 0 saturated carbocycles. The Morgan fingerprint density at radius 1 is 1.06 bits per heavy atom. The molecule has 1 N–H and O–H groups in total. The zero-order valence-corrected chi connectivity index (χ0v) is 11.3. The smallest absolute Gasteiger partial charge is 0.161 e. The Kier molecular flexibility index (Phi) is 5.88. The molecule has 0 aliphatic carbocycles. The SMILES string of the molecule is CCCCc1ccc(OC)c(O)c1CCCC. The highest BCUT2D eigenvalue weighted by atomic mass is 16.5. The molecule has 1 rings (SSSR count). The molecule has 0 fully saturated rings. The van der Waals surface area contributed by atoms with Gasteiger partial charge in [0.25, 0.3) is 0 Å². The van der Waals surface area contributed by atoms with E-state index in [1.54, 1.807) is 7.11 Å². The number of benzene rings is 1. The Bertz CT molecular complexity index is 345. The van der Waals surface area contributed by atoms with Gasteiger partial charge < -0.3 is 9.84 Å². The lowest BCUT2D eigenvalue weighted by Gasteiger charge is -2.14. The first-order valence-electron chi connectivity index (χ1n) is 6.62. The van der Waals surface area contributed by atoms with Gasteiger partial charge in [-0.2, -0.15) is 0 Å². The van der Waals surface area contributed by atoms with Gasteiger partial charge in [0.05, 0.1) is 7.11 Å². The quantitative estimate of drug-likeness (QED) is 0.772. The number of ether oxygens (including phenoxy) is 1. The van der Waals surface area contributed by atoms with Crippen LogP contribution in [0.4, 0.5) is 0 Å². The molecule has 0 amide bonds. The highest BCUT2D eigenvalue weighted by Crippen LogP contribution is 2.34. The lowest BCUT2D eigenvalue weighted by molar-refractivity contribution is 0.369. The second-order valence-electron chi connectivity index (χ2n) is 4.46. The number of aromatic hydroxyl groups is 1. The van der Waals surface area contributed by atoms with Crippen molar-refractivity contribution in [3.05, 3.63) is 23.3 Å². The van der Waals surface area contributed by atoms with Crippen LogP contribution in [0.2, 0.25) is 0 Å². The average molecular weight is 236 g/mol. The number of phenols is 1. The average Bonchev–Trinajstić information content (AvgIpc) is 2.35. The van der Waals surface area contributed by atoms with E-state index in [-0.39, 0.29) is 0 Å². The van der Waals surface area contributed by atoms with Gasteiger partial charge in [0.15, 0.2) is 11.5 Å². The molecule has 2 nitrogen and oxygen atoms in total. The number of hydrogen-bond donors (Lipinski definition) is 1. The minimum atomic E-state index is 0.342. The molecular formula is C15H24O2. The highest BCUT2D eigenvalue weighted by molar-refractivity contribution is 5.50. The van der Waals surface area contributed by atoms with E-state index in [0.29, 0.717) is 11.5 Å². The molecule has 1 aromatic rings. The van der Waals surface area contributed by atoms with Crippen molar-refractivity contribution < 1.29 is 9.84 Å². The Hall–Kier alpha value is -1.18. The summed E-state index contributed by atoms with van der Waals surface area (Å²) in [6.07, 6.45) is 6.60. The Balaban J connectivity index is 2.97. The molecule has 17 heavy (non-hydrogen) atoms. The lowest BCUT2D eigenvalue weighted by atomic mass is 9.96. The van der Waals surface area contributed by atoms with Crippen molar-refractivity contribution in [2.45, 2.75) is 52.4 Å². The van der Waals surface area contributed by atoms with Crippen LogP contribution in [0.15, 0.2) is 12.1 Å². The summed E-state index contributed by atoms with van der Waals surface area (Å²) in [5.74, 6) is 0.936. The maximum atomic E-state index is 10.2. The summed E-state index contributed by atoms with van der Waals surface area (Å²) in [6.45, 7) is 4.36. The molecule has 0 heterocycles. The second-order valence-corrected chi connectivity index (χ2v) is 4.46. The van der Waals surface area contributed by atoms with Crippen LogP contribution in [0.5, 0.6) is 11.5 Å². The summed E-state index contributed by atoms with van der Waals surface area (Å²) >= 11 is 0. The van der Waals surface area contributed by atoms with Crippen molar-refractivity contribution in [1.82, 2.24) is 0 Å². The van der Waals surface area contributed by atoms with Crippen LogP contribution in [-0.4, -0.2) is 12.2 Å². The molecule has 2 heteroatoms. The summed E-state index contributed by atoms with van der Waals surface area (Å²) < 4.78 is 5.18. The molecule has 0 aliphatic rings. The van der Waals surface area contributed by atoms with Gasteiger partial charge in [-0.05, 0) is 37.3 Å². The number of rotatable bonds is 7. The molecule has 0 atom stereocenters. The highest BCUT2D eigenvalue weighted by Gasteiger charge is 2.12. The Labute approximate surface area is 105 Å². The third kappa shape index (κ3) is 3.65. The minimum absolute atomic E-state index is 0.342. The van der Waals surface area contributed by atoms with Crippen LogP contribution in [0.3, 0.4) is 0 Å². The van der Waals surface area contributed by atoms with Crippen LogP contribution < -0.4 is 4.74 Å². The largest absolute Gasteiger partial charge is 0.504 e. The topological polar surface area (TPSA) is 29.5 Å². The van der Waals surface area contributed by atoms with Gasteiger partial charge in [-0.25, -0.2) is 0 Å². The van der Waals surface area contributed by atoms with E-state index >= 15 is 0 Å². The Morgan fingerprint density at radius 2 is 1.71 bits per heavy atom. The van der Waals surface area contributed by atoms with E-state index in [1.165, 1.54) is 18.4 Å². The molecule has 0 bridgehead atoms. The first-order valence-corrected chi connectivity index (χ1v) is 6.62. The lowest BCUT2D eigenvalue weighted by Crippen LogP contribution is -1.98. The Morgan fingerprint density at radius 3 is 2.29 bits per heavy atom. The van der Waals surface area contributed by atoms with E-state index in [4.69, 9.17) is 4.74 Å². The number of methoxy groups -OCH3 is 1. The molecule has 0 aromatic heterocycles. The van der Waals surface area contributed by atoms with E-state index in [1.807, 2.05) is 6.07 Å². The fourth-order valence-electron chi connectivity index (χ4n) is 2.06. The zero-order valence-electron chi connectivity index (χ0n) is 11.3. The van der Waals surface area contributed by atoms with E-state index in [9.17, 15) is 5.11 Å². The van der Waals surface area contributed by atoms with Gasteiger partial charge in [0.1, 0.15) is 0 Å². The van der Waals surface area contributed by atoms with Gasteiger partial charge in [0, 0.05) is 5.56 Å². The predicted octanol–water partition coefficient (Wildman–Crippen LogP) is 4.09. The van der Waals surface area contributed by atoms with Crippen molar-refractivity contribution >= 4 is 0 Å². The molecular weight excluding hydrogens is 212 g/mol. The summed E-state index contributed by atoms with van der Waals surface area (Å²) in [5.41, 5.74) is 2.36. The van der Waals surface area contributed by atoms with Crippen LogP contribution in [0, 0.1) is 0 Å². The summed E-state index contributed by atoms with van der Waals surface area (Å²) in [7, 11) is 1.60. The van der Waals surface area contributed by atoms with E-state index in [2.05, 4.69) is 19.9 Å². The van der Waals surface area contributed by atoms with E-state index < -0.39 is 0 Å². The van der Waals surface area contributed by atoms with Gasteiger partial charge in [-0.15, -0.1) is 0 Å². The molecule has 0 radical (unpaired) electrons. The first kappa shape index (κ1) is 13.9. The molecule has 0 unspecified atom stereocenters. The summed E-state index contributed by atoms with van der Waals surface area (Å²) in [6, 6.07) is 3.97. The van der Waals surface area contributed by atoms with Gasteiger partial charge in [0.2, 0.25) is 0 Å². The van der Waals surface area contributed by atoms with Crippen molar-refractivity contribution in [3.8, 4) is 11.5 Å². The monoisotopic (exact) mass is 236 g/mol. The predicted molar refractivity (Wildman–Crippen MR) is 71.9 cm³/mol. The third-order valence-electron chi connectivity index (χ3n) is 3.14. The van der Waals surface area contributed by atoms with Gasteiger partial charge in [-0.3, -0.25) is 0 Å². The normalized spacial score (nSPS) is 10.5. The van der Waals surface area contributed by atoms with Crippen LogP contribution >= 0.6 is 0 Å². The molecule has 96 valence electrons. The van der Waals surface area contributed by atoms with Gasteiger partial charge in [-0.1, -0.05) is 32.8 Å². The second kappa shape index (κ2) is 7.21. The minimum Gasteiger partial charge on any atom is -0.504 e. The first-order chi connectivity index (χ1) is 8.24. The molecule has 0 saturated heterocycles. The van der Waals surface area contributed by atoms with Crippen molar-refractivity contribution in [2.75, 3.05) is 7.11 Å². The third-order valence-corrected chi connectivity index (χ3v) is 3.14. The van der Waals surface area contributed by atoms with Crippen molar-refractivity contribution in [1.29, 1.82) is 0 Å². The number of unbranched alkanes of at least 4 members (excludes halogenated alkanes) is 2. The zero-order chi connectivity index (χ0) is 12.7. The van der Waals surface area contributed by atoms with Crippen LogP contribution in [0.1, 0.15) is 50.7 Å². The molecule has 0 spiro atoms. The number of phenolic OH excluding ortho intramolecular Hbond substituents is 1. The van der Waals surface area contributed by atoms with Crippen LogP contribution in [0.25, 0.3) is 0 Å². The van der Waals surface area contributed by atoms with Crippen molar-refractivity contribution in [2.24, 2.45) is 0 Å². The van der Waals surface area contributed by atoms with Crippen LogP contribution in [-0.2, 0) is 12.8 Å². The van der Waals surface area contributed by atoms with Gasteiger partial charge >= 0.3 is 0 Å². The maximum absolute atomic E-state index is 10.2. The van der Waals surface area contributed by atoms with E-state index in [0.717, 1.165) is 31.2 Å². The molecule has 0 aliphatic heterocycles. The summed E-state index contributed by atoms with van der Waals surface area (Å²) in [5, 5.41) is 10.2. The van der Waals surface area contributed by atoms with Crippen molar-refractivity contribution in [3.63, 3.8) is 0 Å². The number of aryl methyl sites for hydroxylation is 1.